The predicted molar refractivity (Wildman–Crippen MR) is 286 cm³/mol. The third-order valence-electron chi connectivity index (χ3n) is 15.6. The first-order valence-corrected chi connectivity index (χ1v) is 27.1. The quantitative estimate of drug-likeness (QED) is 0.0549. The van der Waals surface area contributed by atoms with E-state index in [1.165, 1.54) is 0 Å². The van der Waals surface area contributed by atoms with E-state index in [9.17, 15) is 20.7 Å². The normalized spacial score (nSPS) is 23.4. The van der Waals surface area contributed by atoms with Gasteiger partial charge in [0.2, 0.25) is 0 Å². The lowest BCUT2D eigenvalue weighted by atomic mass is 9.82. The van der Waals surface area contributed by atoms with Gasteiger partial charge in [-0.25, -0.2) is 9.97 Å². The van der Waals surface area contributed by atoms with Crippen LogP contribution in [0.4, 0.5) is 11.6 Å². The Morgan fingerprint density at radius 3 is 1.33 bits per heavy atom. The van der Waals surface area contributed by atoms with Crippen molar-refractivity contribution in [2.24, 2.45) is 22.7 Å². The molecule has 0 spiro atoms. The summed E-state index contributed by atoms with van der Waals surface area (Å²) in [5, 5.41) is 54.0. The molecule has 72 heavy (non-hydrogen) atoms. The number of aromatic nitrogens is 4. The van der Waals surface area contributed by atoms with Crippen LogP contribution in [0.1, 0.15) is 116 Å². The number of nitrogens with zero attached hydrogens (tertiary/aromatic N) is 6. The Bertz CT molecular complexity index is 2250. The first-order valence-electron chi connectivity index (χ1n) is 26.3. The predicted octanol–water partition coefficient (Wildman–Crippen LogP) is 9.98. The van der Waals surface area contributed by atoms with Crippen molar-refractivity contribution in [2.45, 2.75) is 154 Å². The van der Waals surface area contributed by atoms with E-state index in [1.807, 2.05) is 64.1 Å². The lowest BCUT2D eigenvalue weighted by Gasteiger charge is -2.32. The number of aliphatic hydroxyl groups excluding tert-OH is 2. The van der Waals surface area contributed by atoms with Crippen molar-refractivity contribution in [3.8, 4) is 34.7 Å². The maximum Gasteiger partial charge on any atom is 0.126 e. The van der Waals surface area contributed by atoms with Gasteiger partial charge in [-0.1, -0.05) is 35.3 Å². The zero-order valence-corrected chi connectivity index (χ0v) is 44.2. The molecule has 4 aromatic rings. The second kappa shape index (κ2) is 26.6. The summed E-state index contributed by atoms with van der Waals surface area (Å²) in [5.41, 5.74) is 4.60. The molecule has 0 amide bonds. The molecule has 6 heterocycles. The lowest BCUT2D eigenvalue weighted by Crippen LogP contribution is -2.44. The number of pyridine rings is 4. The number of nitrogens with one attached hydrogen (secondary N) is 4. The molecule has 4 aromatic heterocycles. The third-order valence-corrected chi connectivity index (χ3v) is 16.2. The van der Waals surface area contributed by atoms with Crippen LogP contribution in [-0.4, -0.2) is 106 Å². The number of rotatable bonds is 18. The smallest absolute Gasteiger partial charge is 0.126 e. The molecular weight excluding hydrogens is 948 g/mol. The number of halogens is 2. The highest BCUT2D eigenvalue weighted by Crippen LogP contribution is 2.35. The number of ether oxygens (including phenoxy) is 2. The minimum absolute atomic E-state index is 0.118. The van der Waals surface area contributed by atoms with Gasteiger partial charge in [0.05, 0.1) is 56.6 Å². The zero-order valence-electron chi connectivity index (χ0n) is 42.7. The Morgan fingerprint density at radius 2 is 0.986 bits per heavy atom. The molecule has 14 nitrogen and oxygen atoms in total. The Hall–Kier alpha value is -4.48. The van der Waals surface area contributed by atoms with Gasteiger partial charge < -0.3 is 41.0 Å². The highest BCUT2D eigenvalue weighted by molar-refractivity contribution is 6.33. The maximum atomic E-state index is 9.76. The zero-order chi connectivity index (χ0) is 51.1. The van der Waals surface area contributed by atoms with Gasteiger partial charge in [-0.15, -0.1) is 0 Å². The summed E-state index contributed by atoms with van der Waals surface area (Å²) < 4.78 is 10.9. The molecule has 2 aliphatic heterocycles. The van der Waals surface area contributed by atoms with E-state index in [-0.39, 0.29) is 24.3 Å². The molecule has 8 rings (SSSR count). The topological polar surface area (TPSA) is 206 Å². The van der Waals surface area contributed by atoms with Crippen LogP contribution in [0.3, 0.4) is 0 Å². The van der Waals surface area contributed by atoms with E-state index < -0.39 is 10.8 Å². The van der Waals surface area contributed by atoms with Crippen LogP contribution in [0, 0.1) is 45.3 Å². The van der Waals surface area contributed by atoms with Crippen LogP contribution in [0.15, 0.2) is 60.9 Å². The lowest BCUT2D eigenvalue weighted by molar-refractivity contribution is 0.0454. The number of hydrogen-bond donors (Lipinski definition) is 6. The van der Waals surface area contributed by atoms with Crippen LogP contribution >= 0.6 is 23.2 Å². The second-order valence-electron chi connectivity index (χ2n) is 21.1. The molecule has 2 saturated heterocycles. The van der Waals surface area contributed by atoms with E-state index in [0.29, 0.717) is 73.5 Å². The molecule has 2 aliphatic carbocycles. The fourth-order valence-corrected chi connectivity index (χ4v) is 10.7. The Kier molecular flexibility index (Phi) is 20.5. The van der Waals surface area contributed by atoms with E-state index in [1.54, 1.807) is 12.4 Å². The SMILES string of the molecule is C[C@H](NC1CCC(Cc2cc(-c3cccc(NCC4(C#N)CCOCC4)n3)c(Cl)cn2)CC1)[C@@H](C)O.C[C@H](O)[C@@H](C)NC1CCC(Cc2cc(-c3cccc(NCC4(C#N)CCOCC4)n3)c(Cl)cn2)CC1. The van der Waals surface area contributed by atoms with E-state index >= 15 is 0 Å². The van der Waals surface area contributed by atoms with Crippen LogP contribution < -0.4 is 21.3 Å². The molecule has 2 saturated carbocycles. The molecule has 388 valence electrons. The third kappa shape index (κ3) is 15.8. The van der Waals surface area contributed by atoms with Crippen LogP contribution in [0.2, 0.25) is 10.0 Å². The summed E-state index contributed by atoms with van der Waals surface area (Å²) in [4.78, 5) is 18.8. The average Bonchev–Trinajstić information content (AvgIpc) is 3.40. The number of aliphatic hydroxyl groups is 2. The van der Waals surface area contributed by atoms with Gasteiger partial charge in [0, 0.05) is 98.6 Å². The molecule has 16 heteroatoms. The van der Waals surface area contributed by atoms with E-state index in [2.05, 4.69) is 55.5 Å². The molecule has 6 N–H and O–H groups in total. The maximum absolute atomic E-state index is 9.76. The summed E-state index contributed by atoms with van der Waals surface area (Å²) in [6, 6.07) is 22.0. The van der Waals surface area contributed by atoms with Crippen molar-refractivity contribution in [2.75, 3.05) is 50.2 Å². The summed E-state index contributed by atoms with van der Waals surface area (Å²) in [7, 11) is 0. The molecule has 0 unspecified atom stereocenters. The standard InChI is InChI=1S/2C28H38ClN5O2/c2*1-19(20(2)35)33-22-8-6-21(7-9-22)14-23-15-24(25(29)16-31-23)26-4-3-5-27(34-26)32-18-28(17-30)10-12-36-13-11-28/h2*3-5,15-16,19-22,33,35H,6-14,18H2,1-2H3,(H,32,34)/t2*19-,20+,21?,22?/m10/s1. The van der Waals surface area contributed by atoms with Gasteiger partial charge in [0.25, 0.3) is 0 Å². The number of anilines is 2. The number of nitriles is 2. The monoisotopic (exact) mass is 1020 g/mol. The number of hydrogen-bond acceptors (Lipinski definition) is 14. The van der Waals surface area contributed by atoms with Crippen LogP contribution in [0.25, 0.3) is 22.5 Å². The molecular formula is C56H76Cl2N10O4. The molecule has 0 aromatic carbocycles. The van der Waals surface area contributed by atoms with Gasteiger partial charge in [-0.05, 0) is 166 Å². The second-order valence-corrected chi connectivity index (χ2v) is 21.9. The largest absolute Gasteiger partial charge is 0.392 e. The summed E-state index contributed by atoms with van der Waals surface area (Å²) in [6.45, 7) is 11.3. The van der Waals surface area contributed by atoms with Gasteiger partial charge >= 0.3 is 0 Å². The molecule has 0 bridgehead atoms. The van der Waals surface area contributed by atoms with E-state index in [0.717, 1.165) is 135 Å². The molecule has 4 atom stereocenters. The van der Waals surface area contributed by atoms with Gasteiger partial charge in [0.1, 0.15) is 11.6 Å². The van der Waals surface area contributed by atoms with Crippen LogP contribution in [-0.2, 0) is 22.3 Å². The Balaban J connectivity index is 0.000000211. The molecule has 0 radical (unpaired) electrons. The van der Waals surface area contributed by atoms with Crippen molar-refractivity contribution in [1.82, 2.24) is 30.6 Å². The van der Waals surface area contributed by atoms with E-state index in [4.69, 9.17) is 42.6 Å². The molecule has 4 aliphatic rings. The average molecular weight is 1020 g/mol. The minimum Gasteiger partial charge on any atom is -0.392 e. The van der Waals surface area contributed by atoms with Crippen molar-refractivity contribution >= 4 is 34.8 Å². The highest BCUT2D eigenvalue weighted by atomic mass is 35.5. The summed E-state index contributed by atoms with van der Waals surface area (Å²) in [6.07, 6.45) is 16.6. The van der Waals surface area contributed by atoms with Gasteiger partial charge in [-0.2, -0.15) is 10.5 Å². The Morgan fingerprint density at radius 1 is 0.611 bits per heavy atom. The first kappa shape index (κ1) is 55.3. The van der Waals surface area contributed by atoms with Crippen molar-refractivity contribution < 1.29 is 19.7 Å². The van der Waals surface area contributed by atoms with Gasteiger partial charge in [-0.3, -0.25) is 9.97 Å². The first-order chi connectivity index (χ1) is 34.7. The highest BCUT2D eigenvalue weighted by Gasteiger charge is 2.34. The van der Waals surface area contributed by atoms with Crippen molar-refractivity contribution in [3.05, 3.63) is 82.4 Å². The fraction of sp³-hybridized carbons (Fsp3) is 0.607. The van der Waals surface area contributed by atoms with Gasteiger partial charge in [0.15, 0.2) is 0 Å². The molecule has 4 fully saturated rings. The van der Waals surface area contributed by atoms with Crippen molar-refractivity contribution in [3.63, 3.8) is 0 Å². The fourth-order valence-electron chi connectivity index (χ4n) is 10.3. The van der Waals surface area contributed by atoms with Crippen molar-refractivity contribution in [1.29, 1.82) is 10.5 Å². The Labute approximate surface area is 437 Å². The summed E-state index contributed by atoms with van der Waals surface area (Å²) >= 11 is 13.1. The van der Waals surface area contributed by atoms with Crippen LogP contribution in [0.5, 0.6) is 0 Å². The summed E-state index contributed by atoms with van der Waals surface area (Å²) in [5.74, 6) is 2.66. The minimum atomic E-state index is -0.416.